The van der Waals surface area contributed by atoms with Gasteiger partial charge in [0.1, 0.15) is 5.82 Å². The van der Waals surface area contributed by atoms with Crippen molar-refractivity contribution in [1.82, 2.24) is 4.98 Å². The fourth-order valence-corrected chi connectivity index (χ4v) is 1.88. The molecule has 2 rings (SSSR count). The maximum absolute atomic E-state index is 4.63. The molecule has 100 valence electrons. The van der Waals surface area contributed by atoms with Crippen LogP contribution in [0, 0.1) is 0 Å². The van der Waals surface area contributed by atoms with E-state index in [0.717, 1.165) is 30.0 Å². The molecular formula is C16H21N3. The van der Waals surface area contributed by atoms with Crippen molar-refractivity contribution in [3.63, 3.8) is 0 Å². The van der Waals surface area contributed by atoms with Crippen molar-refractivity contribution in [3.05, 3.63) is 42.5 Å². The zero-order chi connectivity index (χ0) is 13.7. The lowest BCUT2D eigenvalue weighted by atomic mass is 10.1. The highest BCUT2D eigenvalue weighted by Crippen LogP contribution is 2.21. The van der Waals surface area contributed by atoms with E-state index in [9.17, 15) is 0 Å². The van der Waals surface area contributed by atoms with Gasteiger partial charge in [0.05, 0.1) is 5.69 Å². The Kier molecular flexibility index (Phi) is 4.39. The predicted octanol–water partition coefficient (Wildman–Crippen LogP) is 3.64. The van der Waals surface area contributed by atoms with Gasteiger partial charge in [-0.2, -0.15) is 0 Å². The summed E-state index contributed by atoms with van der Waals surface area (Å²) in [5.41, 5.74) is 3.35. The van der Waals surface area contributed by atoms with E-state index in [2.05, 4.69) is 46.4 Å². The normalized spacial score (nSPS) is 10.3. The monoisotopic (exact) mass is 255 g/mol. The first-order valence-corrected chi connectivity index (χ1v) is 6.69. The van der Waals surface area contributed by atoms with Crippen molar-refractivity contribution in [1.29, 1.82) is 0 Å². The SMILES string of the molecule is CCCNc1cccc(-c2ccc(N(C)C)cc2)n1. The molecule has 0 amide bonds. The van der Waals surface area contributed by atoms with Gasteiger partial charge >= 0.3 is 0 Å². The summed E-state index contributed by atoms with van der Waals surface area (Å²) >= 11 is 0. The van der Waals surface area contributed by atoms with Crippen molar-refractivity contribution >= 4 is 11.5 Å². The number of hydrogen-bond donors (Lipinski definition) is 1. The molecule has 0 unspecified atom stereocenters. The summed E-state index contributed by atoms with van der Waals surface area (Å²) in [7, 11) is 4.09. The highest BCUT2D eigenvalue weighted by molar-refractivity contribution is 5.64. The van der Waals surface area contributed by atoms with Crippen LogP contribution in [0.3, 0.4) is 0 Å². The lowest BCUT2D eigenvalue weighted by molar-refractivity contribution is 0.970. The van der Waals surface area contributed by atoms with Gasteiger partial charge in [0.25, 0.3) is 0 Å². The van der Waals surface area contributed by atoms with Crippen LogP contribution < -0.4 is 10.2 Å². The van der Waals surface area contributed by atoms with Crippen LogP contribution in [-0.2, 0) is 0 Å². The molecule has 1 aromatic heterocycles. The van der Waals surface area contributed by atoms with Gasteiger partial charge in [-0.15, -0.1) is 0 Å². The molecule has 1 aromatic carbocycles. The lowest BCUT2D eigenvalue weighted by Gasteiger charge is -2.12. The number of aromatic nitrogens is 1. The topological polar surface area (TPSA) is 28.2 Å². The van der Waals surface area contributed by atoms with Crippen LogP contribution in [-0.4, -0.2) is 25.6 Å². The quantitative estimate of drug-likeness (QED) is 0.884. The van der Waals surface area contributed by atoms with Crippen LogP contribution in [0.2, 0.25) is 0 Å². The predicted molar refractivity (Wildman–Crippen MR) is 82.8 cm³/mol. The Hall–Kier alpha value is -2.03. The molecule has 0 saturated heterocycles. The van der Waals surface area contributed by atoms with Gasteiger partial charge in [-0.05, 0) is 30.7 Å². The van der Waals surface area contributed by atoms with Crippen LogP contribution >= 0.6 is 0 Å². The smallest absolute Gasteiger partial charge is 0.126 e. The van der Waals surface area contributed by atoms with E-state index >= 15 is 0 Å². The third-order valence-corrected chi connectivity index (χ3v) is 2.98. The minimum absolute atomic E-state index is 0.941. The van der Waals surface area contributed by atoms with E-state index < -0.39 is 0 Å². The molecule has 0 spiro atoms. The summed E-state index contributed by atoms with van der Waals surface area (Å²) in [6.45, 7) is 3.10. The van der Waals surface area contributed by atoms with Gasteiger partial charge in [-0.25, -0.2) is 4.98 Å². The first kappa shape index (κ1) is 13.4. The molecule has 1 N–H and O–H groups in total. The number of pyridine rings is 1. The van der Waals surface area contributed by atoms with Gasteiger partial charge in [0.15, 0.2) is 0 Å². The van der Waals surface area contributed by atoms with Gasteiger partial charge in [0.2, 0.25) is 0 Å². The minimum Gasteiger partial charge on any atom is -0.378 e. The molecule has 3 heteroatoms. The third kappa shape index (κ3) is 3.47. The number of rotatable bonds is 5. The highest BCUT2D eigenvalue weighted by atomic mass is 15.1. The average Bonchev–Trinajstić information content (AvgIpc) is 2.45. The molecule has 0 saturated carbocycles. The fraction of sp³-hybridized carbons (Fsp3) is 0.312. The standard InChI is InChI=1S/C16H21N3/c1-4-12-17-16-7-5-6-15(18-16)13-8-10-14(11-9-13)19(2)3/h5-11H,4,12H2,1-3H3,(H,17,18). The summed E-state index contributed by atoms with van der Waals surface area (Å²) in [6, 6.07) is 14.5. The van der Waals surface area contributed by atoms with Crippen LogP contribution in [0.5, 0.6) is 0 Å². The molecule has 2 aromatic rings. The Morgan fingerprint density at radius 1 is 1.05 bits per heavy atom. The third-order valence-electron chi connectivity index (χ3n) is 2.98. The van der Waals surface area contributed by atoms with Crippen molar-refractivity contribution < 1.29 is 0 Å². The molecular weight excluding hydrogens is 234 g/mol. The zero-order valence-electron chi connectivity index (χ0n) is 11.9. The molecule has 0 aliphatic rings. The number of benzene rings is 1. The molecule has 1 heterocycles. The molecule has 0 aliphatic heterocycles. The van der Waals surface area contributed by atoms with Crippen molar-refractivity contribution in [3.8, 4) is 11.3 Å². The van der Waals surface area contributed by atoms with E-state index in [-0.39, 0.29) is 0 Å². The molecule has 0 fully saturated rings. The number of hydrogen-bond acceptors (Lipinski definition) is 3. The Morgan fingerprint density at radius 2 is 1.79 bits per heavy atom. The Bertz CT molecular complexity index is 518. The first-order chi connectivity index (χ1) is 9.20. The van der Waals surface area contributed by atoms with E-state index in [0.29, 0.717) is 0 Å². The van der Waals surface area contributed by atoms with E-state index in [4.69, 9.17) is 0 Å². The van der Waals surface area contributed by atoms with E-state index in [1.807, 2.05) is 32.3 Å². The molecule has 0 radical (unpaired) electrons. The van der Waals surface area contributed by atoms with E-state index in [1.54, 1.807) is 0 Å². The molecule has 0 atom stereocenters. The maximum atomic E-state index is 4.63. The van der Waals surface area contributed by atoms with Crippen LogP contribution in [0.15, 0.2) is 42.5 Å². The summed E-state index contributed by atoms with van der Waals surface area (Å²) < 4.78 is 0. The second kappa shape index (κ2) is 6.23. The maximum Gasteiger partial charge on any atom is 0.126 e. The lowest BCUT2D eigenvalue weighted by Crippen LogP contribution is -2.08. The van der Waals surface area contributed by atoms with Gasteiger partial charge in [-0.3, -0.25) is 0 Å². The Labute approximate surface area is 115 Å². The van der Waals surface area contributed by atoms with Gasteiger partial charge in [0, 0.05) is 31.9 Å². The molecule has 3 nitrogen and oxygen atoms in total. The zero-order valence-corrected chi connectivity index (χ0v) is 11.9. The second-order valence-corrected chi connectivity index (χ2v) is 4.78. The van der Waals surface area contributed by atoms with Crippen LogP contribution in [0.1, 0.15) is 13.3 Å². The summed E-state index contributed by atoms with van der Waals surface area (Å²) in [5, 5.41) is 3.31. The van der Waals surface area contributed by atoms with Gasteiger partial charge < -0.3 is 10.2 Å². The number of nitrogens with one attached hydrogen (secondary N) is 1. The number of anilines is 2. The van der Waals surface area contributed by atoms with Crippen molar-refractivity contribution in [2.75, 3.05) is 30.9 Å². The first-order valence-electron chi connectivity index (χ1n) is 6.69. The van der Waals surface area contributed by atoms with E-state index in [1.165, 1.54) is 5.69 Å². The summed E-state index contributed by atoms with van der Waals surface area (Å²) in [4.78, 5) is 6.72. The summed E-state index contributed by atoms with van der Waals surface area (Å²) in [5.74, 6) is 0.941. The fourth-order valence-electron chi connectivity index (χ4n) is 1.88. The van der Waals surface area contributed by atoms with Crippen molar-refractivity contribution in [2.24, 2.45) is 0 Å². The average molecular weight is 255 g/mol. The largest absolute Gasteiger partial charge is 0.378 e. The van der Waals surface area contributed by atoms with Crippen LogP contribution in [0.4, 0.5) is 11.5 Å². The minimum atomic E-state index is 0.941. The van der Waals surface area contributed by atoms with Crippen LogP contribution in [0.25, 0.3) is 11.3 Å². The van der Waals surface area contributed by atoms with Gasteiger partial charge in [-0.1, -0.05) is 25.1 Å². The Morgan fingerprint density at radius 3 is 2.42 bits per heavy atom. The second-order valence-electron chi connectivity index (χ2n) is 4.78. The highest BCUT2D eigenvalue weighted by Gasteiger charge is 2.02. The summed E-state index contributed by atoms with van der Waals surface area (Å²) in [6.07, 6.45) is 1.10. The number of nitrogens with zero attached hydrogens (tertiary/aromatic N) is 2. The molecule has 0 bridgehead atoms. The molecule has 19 heavy (non-hydrogen) atoms. The molecule has 0 aliphatic carbocycles. The Balaban J connectivity index is 2.21. The van der Waals surface area contributed by atoms with Crippen molar-refractivity contribution in [2.45, 2.75) is 13.3 Å².